The summed E-state index contributed by atoms with van der Waals surface area (Å²) in [6, 6.07) is 9.92. The Balaban J connectivity index is 1.44. The molecule has 0 saturated carbocycles. The van der Waals surface area contributed by atoms with Crippen molar-refractivity contribution in [1.29, 1.82) is 0 Å². The number of fused-ring (bicyclic) bond motifs is 1. The molecule has 0 spiro atoms. The van der Waals surface area contributed by atoms with Crippen molar-refractivity contribution in [3.8, 4) is 23.0 Å². The summed E-state index contributed by atoms with van der Waals surface area (Å²) >= 11 is 0. The minimum absolute atomic E-state index is 0.0973. The Morgan fingerprint density at radius 2 is 2.06 bits per heavy atom. The summed E-state index contributed by atoms with van der Waals surface area (Å²) in [5.74, 6) is 1.32. The van der Waals surface area contributed by atoms with Gasteiger partial charge in [-0.1, -0.05) is 25.1 Å². The average Bonchev–Trinajstić information content (AvgIpc) is 3.54. The van der Waals surface area contributed by atoms with Crippen molar-refractivity contribution in [2.24, 2.45) is 7.05 Å². The van der Waals surface area contributed by atoms with Crippen LogP contribution in [0.25, 0.3) is 28.2 Å². The summed E-state index contributed by atoms with van der Waals surface area (Å²) in [6.45, 7) is 3.15. The number of para-hydroxylation sites is 1. The number of rotatable bonds is 5. The fourth-order valence-electron chi connectivity index (χ4n) is 3.92. The third-order valence-corrected chi connectivity index (χ3v) is 5.56. The van der Waals surface area contributed by atoms with Gasteiger partial charge in [0.05, 0.1) is 24.0 Å². The molecule has 1 aliphatic rings. The molecule has 4 aromatic rings. The molecule has 0 radical (unpaired) electrons. The molecule has 31 heavy (non-hydrogen) atoms. The van der Waals surface area contributed by atoms with Crippen molar-refractivity contribution in [2.45, 2.75) is 25.9 Å². The number of hydrogen-bond acceptors (Lipinski definition) is 6. The number of carbonyl (C=O) groups excluding carboxylic acids is 1. The zero-order chi connectivity index (χ0) is 21.4. The van der Waals surface area contributed by atoms with E-state index in [4.69, 9.17) is 9.72 Å². The maximum Gasteiger partial charge on any atom is 0.245 e. The van der Waals surface area contributed by atoms with E-state index in [-0.39, 0.29) is 12.0 Å². The summed E-state index contributed by atoms with van der Waals surface area (Å²) in [7, 11) is 1.92. The second-order valence-corrected chi connectivity index (χ2v) is 7.58. The van der Waals surface area contributed by atoms with E-state index in [9.17, 15) is 4.79 Å². The number of aryl methyl sites for hydroxylation is 1. The van der Waals surface area contributed by atoms with Crippen LogP contribution in [-0.2, 0) is 11.8 Å². The molecule has 1 saturated heterocycles. The van der Waals surface area contributed by atoms with E-state index in [0.29, 0.717) is 36.6 Å². The number of aromatic nitrogens is 6. The lowest BCUT2D eigenvalue weighted by atomic mass is 10.3. The fourth-order valence-corrected chi connectivity index (χ4v) is 3.92. The highest BCUT2D eigenvalue weighted by atomic mass is 16.5. The van der Waals surface area contributed by atoms with Gasteiger partial charge < -0.3 is 14.2 Å². The lowest BCUT2D eigenvalue weighted by Crippen LogP contribution is -2.30. The molecule has 4 heterocycles. The van der Waals surface area contributed by atoms with E-state index in [1.807, 2.05) is 64.6 Å². The van der Waals surface area contributed by atoms with Gasteiger partial charge in [0.25, 0.3) is 0 Å². The van der Waals surface area contributed by atoms with Gasteiger partial charge >= 0.3 is 0 Å². The molecule has 0 unspecified atom stereocenters. The Labute approximate surface area is 179 Å². The largest absolute Gasteiger partial charge is 0.471 e. The molecule has 1 fully saturated rings. The number of hydrogen-bond donors (Lipinski definition) is 0. The van der Waals surface area contributed by atoms with Gasteiger partial charge in [-0.3, -0.25) is 4.79 Å². The first-order chi connectivity index (χ1) is 15.1. The van der Waals surface area contributed by atoms with Gasteiger partial charge in [0.15, 0.2) is 11.2 Å². The van der Waals surface area contributed by atoms with Gasteiger partial charge in [0.2, 0.25) is 11.8 Å². The van der Waals surface area contributed by atoms with Gasteiger partial charge in [-0.2, -0.15) is 10.1 Å². The van der Waals surface area contributed by atoms with E-state index in [1.165, 1.54) is 6.33 Å². The van der Waals surface area contributed by atoms with Gasteiger partial charge in [-0.25, -0.2) is 14.6 Å². The molecule has 1 aromatic carbocycles. The van der Waals surface area contributed by atoms with E-state index >= 15 is 0 Å². The Hall–Kier alpha value is -3.75. The molecular weight excluding hydrogens is 394 g/mol. The Morgan fingerprint density at radius 1 is 1.23 bits per heavy atom. The topological polar surface area (TPSA) is 91.0 Å². The molecule has 5 rings (SSSR count). The molecule has 9 nitrogen and oxygen atoms in total. The van der Waals surface area contributed by atoms with Crippen LogP contribution in [-0.4, -0.2) is 59.3 Å². The van der Waals surface area contributed by atoms with Crippen molar-refractivity contribution < 1.29 is 9.53 Å². The molecule has 0 bridgehead atoms. The van der Waals surface area contributed by atoms with Crippen LogP contribution >= 0.6 is 0 Å². The number of ether oxygens (including phenoxy) is 1. The Kier molecular flexibility index (Phi) is 4.85. The lowest BCUT2D eigenvalue weighted by molar-refractivity contribution is -0.130. The molecule has 1 amide bonds. The van der Waals surface area contributed by atoms with E-state index in [1.54, 1.807) is 6.20 Å². The van der Waals surface area contributed by atoms with Crippen LogP contribution in [0.1, 0.15) is 19.8 Å². The van der Waals surface area contributed by atoms with E-state index in [0.717, 1.165) is 23.5 Å². The van der Waals surface area contributed by atoms with Crippen LogP contribution in [0.5, 0.6) is 5.88 Å². The van der Waals surface area contributed by atoms with Crippen LogP contribution < -0.4 is 4.74 Å². The molecule has 3 aromatic heterocycles. The van der Waals surface area contributed by atoms with Crippen molar-refractivity contribution in [3.63, 3.8) is 0 Å². The highest BCUT2D eigenvalue weighted by Gasteiger charge is 2.28. The Morgan fingerprint density at radius 3 is 2.87 bits per heavy atom. The molecule has 1 atom stereocenters. The second kappa shape index (κ2) is 7.82. The zero-order valence-electron chi connectivity index (χ0n) is 17.5. The summed E-state index contributed by atoms with van der Waals surface area (Å²) in [4.78, 5) is 27.3. The van der Waals surface area contributed by atoms with Crippen molar-refractivity contribution in [2.75, 3.05) is 13.1 Å². The van der Waals surface area contributed by atoms with E-state index in [2.05, 4.69) is 15.1 Å². The highest BCUT2D eigenvalue weighted by Crippen LogP contribution is 2.28. The van der Waals surface area contributed by atoms with Gasteiger partial charge in [-0.05, 0) is 12.1 Å². The molecule has 9 heteroatoms. The fraction of sp³-hybridized carbons (Fsp3) is 0.318. The highest BCUT2D eigenvalue weighted by molar-refractivity contribution is 5.81. The minimum Gasteiger partial charge on any atom is -0.471 e. The predicted molar refractivity (Wildman–Crippen MR) is 115 cm³/mol. The van der Waals surface area contributed by atoms with Crippen LogP contribution in [0.15, 0.2) is 49.1 Å². The van der Waals surface area contributed by atoms with Crippen LogP contribution in [0, 0.1) is 0 Å². The number of amides is 1. The standard InChI is InChI=1S/C22H23N7O2/c1-3-18(30)28-10-9-17(13-28)31-22-19-21(23-14-24-22)27(2)20(26-19)15-11-25-29(12-15)16-7-5-4-6-8-16/h4-8,11-12,14,17H,3,9-10,13H2,1-2H3/t17-/m0/s1. The van der Waals surface area contributed by atoms with Gasteiger partial charge in [-0.15, -0.1) is 0 Å². The monoisotopic (exact) mass is 417 g/mol. The number of imidazole rings is 1. The molecule has 0 aliphatic carbocycles. The van der Waals surface area contributed by atoms with Gasteiger partial charge in [0, 0.05) is 32.6 Å². The van der Waals surface area contributed by atoms with Crippen LogP contribution in [0.4, 0.5) is 0 Å². The van der Waals surface area contributed by atoms with Crippen LogP contribution in [0.3, 0.4) is 0 Å². The summed E-state index contributed by atoms with van der Waals surface area (Å²) in [6.07, 6.45) is 6.40. The number of carbonyl (C=O) groups is 1. The first-order valence-electron chi connectivity index (χ1n) is 10.4. The first-order valence-corrected chi connectivity index (χ1v) is 10.4. The van der Waals surface area contributed by atoms with Gasteiger partial charge in [0.1, 0.15) is 18.3 Å². The number of likely N-dealkylation sites (tertiary alicyclic amines) is 1. The minimum atomic E-state index is -0.0973. The smallest absolute Gasteiger partial charge is 0.245 e. The summed E-state index contributed by atoms with van der Waals surface area (Å²) in [5, 5.41) is 4.47. The van der Waals surface area contributed by atoms with E-state index < -0.39 is 0 Å². The van der Waals surface area contributed by atoms with Crippen LogP contribution in [0.2, 0.25) is 0 Å². The summed E-state index contributed by atoms with van der Waals surface area (Å²) in [5.41, 5.74) is 3.14. The zero-order valence-corrected chi connectivity index (χ0v) is 17.5. The lowest BCUT2D eigenvalue weighted by Gasteiger charge is -2.16. The average molecular weight is 417 g/mol. The first kappa shape index (κ1) is 19.2. The predicted octanol–water partition coefficient (Wildman–Crippen LogP) is 2.61. The Bertz CT molecular complexity index is 1230. The molecular formula is C22H23N7O2. The van der Waals surface area contributed by atoms with Crippen molar-refractivity contribution in [1.82, 2.24) is 34.2 Å². The summed E-state index contributed by atoms with van der Waals surface area (Å²) < 4.78 is 9.88. The maximum absolute atomic E-state index is 12.0. The van der Waals surface area contributed by atoms with Crippen molar-refractivity contribution in [3.05, 3.63) is 49.1 Å². The van der Waals surface area contributed by atoms with Crippen molar-refractivity contribution >= 4 is 17.1 Å². The SMILES string of the molecule is CCC(=O)N1CC[C@H](Oc2ncnc3c2nc(-c2cnn(-c4ccccc4)c2)n3C)C1. The normalized spacial score (nSPS) is 16.2. The maximum atomic E-state index is 12.0. The third kappa shape index (κ3) is 3.52. The second-order valence-electron chi connectivity index (χ2n) is 7.58. The third-order valence-electron chi connectivity index (χ3n) is 5.56. The molecule has 1 aliphatic heterocycles. The molecule has 158 valence electrons. The molecule has 0 N–H and O–H groups in total. The number of nitrogens with zero attached hydrogens (tertiary/aromatic N) is 7. The number of benzene rings is 1. The quantitative estimate of drug-likeness (QED) is 0.496.